The smallest absolute Gasteiger partial charge is 0.416 e. The number of carbonyl (C=O) groups excluding carboxylic acids is 2. The summed E-state index contributed by atoms with van der Waals surface area (Å²) in [6.45, 7) is 3.02. The molecular formula is C28H33F3N2O4. The van der Waals surface area contributed by atoms with Gasteiger partial charge in [-0.15, -0.1) is 0 Å². The second kappa shape index (κ2) is 11.1. The lowest BCUT2D eigenvalue weighted by molar-refractivity contribution is -0.138. The number of methoxy groups -OCH3 is 1. The van der Waals surface area contributed by atoms with Crippen molar-refractivity contribution in [3.8, 4) is 5.75 Å². The van der Waals surface area contributed by atoms with Crippen molar-refractivity contribution in [1.82, 2.24) is 10.2 Å². The Bertz CT molecular complexity index is 1100. The van der Waals surface area contributed by atoms with Crippen LogP contribution in [0.3, 0.4) is 0 Å². The molecule has 0 bridgehead atoms. The van der Waals surface area contributed by atoms with Gasteiger partial charge in [-0.25, -0.2) is 4.79 Å². The molecule has 1 saturated heterocycles. The molecule has 0 radical (unpaired) electrons. The zero-order chi connectivity index (χ0) is 26.6. The molecule has 2 aromatic rings. The third kappa shape index (κ3) is 6.09. The molecular weight excluding hydrogens is 485 g/mol. The van der Waals surface area contributed by atoms with E-state index in [4.69, 9.17) is 9.47 Å². The highest BCUT2D eigenvalue weighted by atomic mass is 19.4. The van der Waals surface area contributed by atoms with E-state index in [0.29, 0.717) is 25.1 Å². The maximum absolute atomic E-state index is 13.7. The summed E-state index contributed by atoms with van der Waals surface area (Å²) in [4.78, 5) is 27.6. The van der Waals surface area contributed by atoms with Crippen molar-refractivity contribution >= 4 is 11.9 Å². The molecule has 2 atom stereocenters. The van der Waals surface area contributed by atoms with Crippen molar-refractivity contribution in [2.24, 2.45) is 0 Å². The molecule has 0 aromatic heterocycles. The number of nitrogens with zero attached hydrogens (tertiary/aromatic N) is 1. The summed E-state index contributed by atoms with van der Waals surface area (Å²) in [5.74, 6) is -0.273. The molecule has 200 valence electrons. The second-order valence-corrected chi connectivity index (χ2v) is 9.90. The van der Waals surface area contributed by atoms with E-state index >= 15 is 0 Å². The summed E-state index contributed by atoms with van der Waals surface area (Å²) in [5, 5.41) is 3.17. The Hall–Kier alpha value is -3.07. The van der Waals surface area contributed by atoms with Gasteiger partial charge in [-0.3, -0.25) is 9.69 Å². The highest BCUT2D eigenvalue weighted by molar-refractivity contribution is 5.89. The Kier molecular flexibility index (Phi) is 8.11. The van der Waals surface area contributed by atoms with Gasteiger partial charge in [0.2, 0.25) is 5.91 Å². The third-order valence-corrected chi connectivity index (χ3v) is 7.50. The molecule has 0 unspecified atom stereocenters. The topological polar surface area (TPSA) is 67.9 Å². The van der Waals surface area contributed by atoms with Gasteiger partial charge >= 0.3 is 12.1 Å². The molecule has 6 nitrogen and oxygen atoms in total. The zero-order valence-electron chi connectivity index (χ0n) is 21.1. The van der Waals surface area contributed by atoms with Gasteiger partial charge in [-0.05, 0) is 62.1 Å². The van der Waals surface area contributed by atoms with Crippen molar-refractivity contribution in [3.05, 3.63) is 65.2 Å². The lowest BCUT2D eigenvalue weighted by atomic mass is 9.79. The maximum Gasteiger partial charge on any atom is 0.416 e. The number of alkyl halides is 3. The SMILES string of the molecule is COC(=O)c1ccc([C@H](C)NC(=O)C2(N3CC[C@@H](Oc4cccc(C(F)(F)F)c4)C3)CCCCC2)cc1. The van der Waals surface area contributed by atoms with Crippen LogP contribution in [-0.2, 0) is 15.7 Å². The Morgan fingerprint density at radius 3 is 2.43 bits per heavy atom. The molecule has 1 aliphatic heterocycles. The van der Waals surface area contributed by atoms with Gasteiger partial charge in [0, 0.05) is 13.1 Å². The van der Waals surface area contributed by atoms with Crippen LogP contribution >= 0.6 is 0 Å². The van der Waals surface area contributed by atoms with Gasteiger partial charge in [-0.2, -0.15) is 13.2 Å². The molecule has 0 spiro atoms. The predicted molar refractivity (Wildman–Crippen MR) is 132 cm³/mol. The molecule has 2 aliphatic rings. The summed E-state index contributed by atoms with van der Waals surface area (Å²) in [6, 6.07) is 11.6. The van der Waals surface area contributed by atoms with Crippen molar-refractivity contribution in [2.45, 2.75) is 69.3 Å². The van der Waals surface area contributed by atoms with Gasteiger partial charge in [-0.1, -0.05) is 37.5 Å². The molecule has 9 heteroatoms. The molecule has 2 fully saturated rings. The first-order valence-electron chi connectivity index (χ1n) is 12.7. The van der Waals surface area contributed by atoms with Crippen LogP contribution in [0.15, 0.2) is 48.5 Å². The van der Waals surface area contributed by atoms with E-state index < -0.39 is 23.2 Å². The minimum atomic E-state index is -4.43. The molecule has 37 heavy (non-hydrogen) atoms. The fourth-order valence-electron chi connectivity index (χ4n) is 5.41. The molecule has 1 saturated carbocycles. The van der Waals surface area contributed by atoms with Crippen LogP contribution < -0.4 is 10.1 Å². The number of amides is 1. The highest BCUT2D eigenvalue weighted by Crippen LogP contribution is 2.38. The number of nitrogens with one attached hydrogen (secondary N) is 1. The molecule has 1 aliphatic carbocycles. The van der Waals surface area contributed by atoms with E-state index in [9.17, 15) is 22.8 Å². The quantitative estimate of drug-likeness (QED) is 0.489. The van der Waals surface area contributed by atoms with Crippen molar-refractivity contribution in [2.75, 3.05) is 20.2 Å². The van der Waals surface area contributed by atoms with Crippen LogP contribution in [-0.4, -0.2) is 48.6 Å². The number of ether oxygens (including phenoxy) is 2. The average molecular weight is 519 g/mol. The number of hydrogen-bond donors (Lipinski definition) is 1. The number of esters is 1. The van der Waals surface area contributed by atoms with Crippen molar-refractivity contribution in [3.63, 3.8) is 0 Å². The van der Waals surface area contributed by atoms with Gasteiger partial charge < -0.3 is 14.8 Å². The number of likely N-dealkylation sites (tertiary alicyclic amines) is 1. The van der Waals surface area contributed by atoms with Crippen LogP contribution in [0.25, 0.3) is 0 Å². The maximum atomic E-state index is 13.7. The van der Waals surface area contributed by atoms with E-state index in [1.54, 1.807) is 24.3 Å². The van der Waals surface area contributed by atoms with Crippen LogP contribution in [0.5, 0.6) is 5.75 Å². The summed E-state index contributed by atoms with van der Waals surface area (Å²) in [6.07, 6.45) is 0.302. The Morgan fingerprint density at radius 2 is 1.78 bits per heavy atom. The number of benzene rings is 2. The first-order chi connectivity index (χ1) is 17.6. The number of halogens is 3. The minimum absolute atomic E-state index is 0.0449. The monoisotopic (exact) mass is 518 g/mol. The number of carbonyl (C=O) groups is 2. The third-order valence-electron chi connectivity index (χ3n) is 7.50. The lowest BCUT2D eigenvalue weighted by Gasteiger charge is -2.43. The van der Waals surface area contributed by atoms with Gasteiger partial charge in [0.25, 0.3) is 0 Å². The molecule has 4 rings (SSSR count). The zero-order valence-corrected chi connectivity index (χ0v) is 21.1. The first-order valence-corrected chi connectivity index (χ1v) is 12.7. The van der Waals surface area contributed by atoms with Crippen molar-refractivity contribution < 1.29 is 32.2 Å². The van der Waals surface area contributed by atoms with Crippen LogP contribution in [0.4, 0.5) is 13.2 Å². The average Bonchev–Trinajstić information content (AvgIpc) is 3.37. The van der Waals surface area contributed by atoms with Crippen LogP contribution in [0.1, 0.15) is 73.0 Å². The summed E-state index contributed by atoms with van der Waals surface area (Å²) in [7, 11) is 1.33. The van der Waals surface area contributed by atoms with E-state index in [1.807, 2.05) is 6.92 Å². The van der Waals surface area contributed by atoms with Gasteiger partial charge in [0.05, 0.1) is 24.3 Å². The standard InChI is InChI=1S/C28H33F3N2O4/c1-19(20-9-11-21(12-10-20)25(34)36-2)32-26(35)27(14-4-3-5-15-27)33-16-13-24(18-33)37-23-8-6-7-22(17-23)28(29,30)31/h6-12,17,19,24H,3-5,13-16,18H2,1-2H3,(H,32,35)/t19-,24+/m0/s1. The number of rotatable bonds is 7. The largest absolute Gasteiger partial charge is 0.489 e. The molecule has 1 heterocycles. The van der Waals surface area contributed by atoms with Crippen molar-refractivity contribution in [1.29, 1.82) is 0 Å². The van der Waals surface area contributed by atoms with Gasteiger partial charge in [0.1, 0.15) is 17.4 Å². The summed E-state index contributed by atoms with van der Waals surface area (Å²) < 4.78 is 50.0. The van der Waals surface area contributed by atoms with Gasteiger partial charge in [0.15, 0.2) is 0 Å². The summed E-state index contributed by atoms with van der Waals surface area (Å²) in [5.41, 5.74) is -0.0992. The second-order valence-electron chi connectivity index (χ2n) is 9.90. The van der Waals surface area contributed by atoms with Crippen LogP contribution in [0.2, 0.25) is 0 Å². The molecule has 2 aromatic carbocycles. The van der Waals surface area contributed by atoms with E-state index in [2.05, 4.69) is 10.2 Å². The van der Waals surface area contributed by atoms with E-state index in [-0.39, 0.29) is 23.8 Å². The first kappa shape index (κ1) is 27.0. The normalized spacial score (nSPS) is 20.7. The predicted octanol–water partition coefficient (Wildman–Crippen LogP) is 5.53. The fraction of sp³-hybridized carbons (Fsp3) is 0.500. The Morgan fingerprint density at radius 1 is 1.08 bits per heavy atom. The number of hydrogen-bond acceptors (Lipinski definition) is 5. The lowest BCUT2D eigenvalue weighted by Crippen LogP contribution is -2.59. The van der Waals surface area contributed by atoms with Crippen LogP contribution in [0, 0.1) is 0 Å². The summed E-state index contributed by atoms with van der Waals surface area (Å²) >= 11 is 0. The molecule has 1 N–H and O–H groups in total. The Labute approximate surface area is 215 Å². The molecule has 1 amide bonds. The Balaban J connectivity index is 1.44. The van der Waals surface area contributed by atoms with E-state index in [0.717, 1.165) is 49.8 Å². The minimum Gasteiger partial charge on any atom is -0.489 e. The highest BCUT2D eigenvalue weighted by Gasteiger charge is 2.47. The van der Waals surface area contributed by atoms with E-state index in [1.165, 1.54) is 19.2 Å². The fourth-order valence-corrected chi connectivity index (χ4v) is 5.41.